The summed E-state index contributed by atoms with van der Waals surface area (Å²) in [4.78, 5) is 11.0. The van der Waals surface area contributed by atoms with Gasteiger partial charge in [-0.2, -0.15) is 0 Å². The quantitative estimate of drug-likeness (QED) is 0.248. The molecule has 150 valence electrons. The zero-order chi connectivity index (χ0) is 18.8. The van der Waals surface area contributed by atoms with E-state index in [9.17, 15) is 9.90 Å². The van der Waals surface area contributed by atoms with Gasteiger partial charge in [0, 0.05) is 0 Å². The van der Waals surface area contributed by atoms with Crippen molar-refractivity contribution in [3.63, 3.8) is 0 Å². The van der Waals surface area contributed by atoms with Crippen molar-refractivity contribution in [1.82, 2.24) is 0 Å². The van der Waals surface area contributed by atoms with Crippen LogP contribution in [0.5, 0.6) is 0 Å². The van der Waals surface area contributed by atoms with Crippen molar-refractivity contribution in [2.75, 3.05) is 0 Å². The maximum absolute atomic E-state index is 11.0. The third-order valence-corrected chi connectivity index (χ3v) is 5.22. The molecule has 0 rings (SSSR count). The molecule has 1 atom stereocenters. The lowest BCUT2D eigenvalue weighted by atomic mass is 9.87. The fourth-order valence-corrected chi connectivity index (χ4v) is 3.56. The highest BCUT2D eigenvalue weighted by Gasteiger charge is 2.28. The van der Waals surface area contributed by atoms with Gasteiger partial charge >= 0.3 is 5.97 Å². The van der Waals surface area contributed by atoms with Crippen molar-refractivity contribution < 1.29 is 15.0 Å². The molecule has 0 heterocycles. The minimum Gasteiger partial charge on any atom is -0.481 e. The summed E-state index contributed by atoms with van der Waals surface area (Å²) in [6.45, 7) is 4.34. The van der Waals surface area contributed by atoms with Crippen LogP contribution >= 0.6 is 0 Å². The van der Waals surface area contributed by atoms with E-state index in [1.807, 2.05) is 0 Å². The first-order valence-electron chi connectivity index (χ1n) is 11.0. The van der Waals surface area contributed by atoms with Gasteiger partial charge in [0.05, 0.1) is 12.0 Å². The molecule has 0 aliphatic carbocycles. The fraction of sp³-hybridized carbons (Fsp3) is 0.955. The monoisotopic (exact) mass is 356 g/mol. The van der Waals surface area contributed by atoms with Crippen LogP contribution in [0.2, 0.25) is 0 Å². The molecule has 0 fully saturated rings. The average Bonchev–Trinajstić information content (AvgIpc) is 2.56. The predicted molar refractivity (Wildman–Crippen MR) is 107 cm³/mol. The number of rotatable bonds is 19. The van der Waals surface area contributed by atoms with Crippen molar-refractivity contribution in [2.24, 2.45) is 0 Å². The van der Waals surface area contributed by atoms with Crippen LogP contribution in [0.3, 0.4) is 0 Å². The van der Waals surface area contributed by atoms with Gasteiger partial charge < -0.3 is 10.2 Å². The number of aliphatic hydroxyl groups is 1. The third-order valence-electron chi connectivity index (χ3n) is 5.22. The maximum atomic E-state index is 11.0. The molecule has 0 aliphatic heterocycles. The van der Waals surface area contributed by atoms with Crippen molar-refractivity contribution in [3.05, 3.63) is 0 Å². The minimum atomic E-state index is -0.986. The van der Waals surface area contributed by atoms with E-state index < -0.39 is 11.6 Å². The Labute approximate surface area is 156 Å². The van der Waals surface area contributed by atoms with Gasteiger partial charge in [0.1, 0.15) is 0 Å². The minimum absolute atomic E-state index is 0.106. The molecule has 2 N–H and O–H groups in total. The van der Waals surface area contributed by atoms with E-state index in [1.54, 1.807) is 0 Å². The lowest BCUT2D eigenvalue weighted by molar-refractivity contribution is -0.143. The van der Waals surface area contributed by atoms with Crippen LogP contribution in [0, 0.1) is 0 Å². The van der Waals surface area contributed by atoms with E-state index in [1.165, 1.54) is 70.6 Å². The molecule has 0 aliphatic rings. The van der Waals surface area contributed by atoms with Crippen LogP contribution in [-0.2, 0) is 4.79 Å². The smallest absolute Gasteiger partial charge is 0.306 e. The van der Waals surface area contributed by atoms with Crippen LogP contribution in [0.25, 0.3) is 0 Å². The second kappa shape index (κ2) is 16.9. The molecular formula is C22H44O3. The number of unbranched alkanes of at least 4 members (excludes halogenated alkanes) is 13. The molecule has 0 radical (unpaired) electrons. The number of carboxylic acid groups (broad SMARTS) is 1. The predicted octanol–water partition coefficient (Wildman–Crippen LogP) is 6.86. The number of hydrogen-bond acceptors (Lipinski definition) is 2. The molecule has 0 bridgehead atoms. The van der Waals surface area contributed by atoms with Crippen molar-refractivity contribution >= 4 is 5.97 Å². The maximum Gasteiger partial charge on any atom is 0.306 e. The van der Waals surface area contributed by atoms with Crippen LogP contribution in [-0.4, -0.2) is 21.8 Å². The Hall–Kier alpha value is -0.570. The van der Waals surface area contributed by atoms with Crippen LogP contribution in [0.4, 0.5) is 0 Å². The largest absolute Gasteiger partial charge is 0.481 e. The number of carboxylic acids is 1. The molecule has 0 aromatic heterocycles. The molecule has 25 heavy (non-hydrogen) atoms. The van der Waals surface area contributed by atoms with Gasteiger partial charge in [0.25, 0.3) is 0 Å². The Kier molecular flexibility index (Phi) is 16.5. The second-order valence-corrected chi connectivity index (χ2v) is 7.89. The molecule has 3 nitrogen and oxygen atoms in total. The standard InChI is InChI=1S/C22H44O3/c1-3-5-7-8-9-10-11-12-13-14-15-16-17-19-22(25,18-6-4-2)20-21(23)24/h25H,3-20H2,1-2H3,(H,23,24). The Balaban J connectivity index is 3.52. The summed E-state index contributed by atoms with van der Waals surface area (Å²) in [5, 5.41) is 19.5. The van der Waals surface area contributed by atoms with Crippen molar-refractivity contribution in [2.45, 2.75) is 135 Å². The van der Waals surface area contributed by atoms with Crippen LogP contribution in [0.15, 0.2) is 0 Å². The lowest BCUT2D eigenvalue weighted by Gasteiger charge is -2.26. The molecule has 0 aromatic rings. The van der Waals surface area contributed by atoms with Crippen LogP contribution in [0.1, 0.15) is 129 Å². The molecule has 0 saturated heterocycles. The second-order valence-electron chi connectivity index (χ2n) is 7.89. The summed E-state index contributed by atoms with van der Waals surface area (Å²) < 4.78 is 0. The normalized spacial score (nSPS) is 13.7. The highest BCUT2D eigenvalue weighted by molar-refractivity contribution is 5.68. The Bertz CT molecular complexity index is 304. The first-order valence-corrected chi connectivity index (χ1v) is 11.0. The molecule has 0 amide bonds. The number of aliphatic carboxylic acids is 1. The number of carbonyl (C=O) groups is 1. The zero-order valence-corrected chi connectivity index (χ0v) is 17.0. The molecule has 0 saturated carbocycles. The Morgan fingerprint density at radius 1 is 0.640 bits per heavy atom. The summed E-state index contributed by atoms with van der Waals surface area (Å²) in [6, 6.07) is 0. The van der Waals surface area contributed by atoms with Crippen LogP contribution < -0.4 is 0 Å². The van der Waals surface area contributed by atoms with Gasteiger partial charge in [-0.05, 0) is 12.8 Å². The Morgan fingerprint density at radius 3 is 1.40 bits per heavy atom. The van der Waals surface area contributed by atoms with Gasteiger partial charge in [-0.3, -0.25) is 4.79 Å². The summed E-state index contributed by atoms with van der Waals surface area (Å²) in [7, 11) is 0. The van der Waals surface area contributed by atoms with E-state index in [0.717, 1.165) is 25.7 Å². The molecular weight excluding hydrogens is 312 g/mol. The van der Waals surface area contributed by atoms with Gasteiger partial charge in [0.2, 0.25) is 0 Å². The van der Waals surface area contributed by atoms with E-state index in [0.29, 0.717) is 12.8 Å². The summed E-state index contributed by atoms with van der Waals surface area (Å²) in [5.74, 6) is -0.881. The molecule has 1 unspecified atom stereocenters. The average molecular weight is 357 g/mol. The highest BCUT2D eigenvalue weighted by Crippen LogP contribution is 2.26. The van der Waals surface area contributed by atoms with Gasteiger partial charge in [-0.1, -0.05) is 110 Å². The van der Waals surface area contributed by atoms with Crippen molar-refractivity contribution in [3.8, 4) is 0 Å². The van der Waals surface area contributed by atoms with Gasteiger partial charge in [0.15, 0.2) is 0 Å². The zero-order valence-electron chi connectivity index (χ0n) is 17.0. The van der Waals surface area contributed by atoms with Crippen molar-refractivity contribution in [1.29, 1.82) is 0 Å². The van der Waals surface area contributed by atoms with Gasteiger partial charge in [-0.15, -0.1) is 0 Å². The van der Waals surface area contributed by atoms with E-state index in [-0.39, 0.29) is 6.42 Å². The first kappa shape index (κ1) is 24.4. The summed E-state index contributed by atoms with van der Waals surface area (Å²) in [5.41, 5.74) is -0.986. The lowest BCUT2D eigenvalue weighted by Crippen LogP contribution is -2.31. The molecule has 0 aromatic carbocycles. The van der Waals surface area contributed by atoms with Gasteiger partial charge in [-0.25, -0.2) is 0 Å². The topological polar surface area (TPSA) is 57.5 Å². The van der Waals surface area contributed by atoms with E-state index in [4.69, 9.17) is 5.11 Å². The summed E-state index contributed by atoms with van der Waals surface area (Å²) >= 11 is 0. The number of hydrogen-bond donors (Lipinski definition) is 2. The molecule has 3 heteroatoms. The SMILES string of the molecule is CCCCCCCCCCCCCCCC(O)(CCCC)CC(=O)O. The fourth-order valence-electron chi connectivity index (χ4n) is 3.56. The molecule has 0 spiro atoms. The first-order chi connectivity index (χ1) is 12.0. The highest BCUT2D eigenvalue weighted by atomic mass is 16.4. The van der Waals surface area contributed by atoms with E-state index >= 15 is 0 Å². The van der Waals surface area contributed by atoms with E-state index in [2.05, 4.69) is 13.8 Å². The third kappa shape index (κ3) is 16.6. The Morgan fingerprint density at radius 2 is 1.00 bits per heavy atom. The summed E-state index contributed by atoms with van der Waals surface area (Å²) in [6.07, 6.45) is 20.0.